The SMILES string of the molecule is CCc1c(C)nn(-c2cc(NC)nc(C(F)(F)F)n2)c1C. The molecule has 0 amide bonds. The van der Waals surface area contributed by atoms with E-state index in [2.05, 4.69) is 20.4 Å². The monoisotopic (exact) mass is 299 g/mol. The van der Waals surface area contributed by atoms with E-state index in [0.29, 0.717) is 0 Å². The van der Waals surface area contributed by atoms with Gasteiger partial charge in [0.25, 0.3) is 0 Å². The summed E-state index contributed by atoms with van der Waals surface area (Å²) in [5.74, 6) is -0.991. The first kappa shape index (κ1) is 15.3. The van der Waals surface area contributed by atoms with Crippen LogP contribution in [0.25, 0.3) is 5.82 Å². The molecule has 0 aromatic carbocycles. The molecular formula is C13H16F3N5. The van der Waals surface area contributed by atoms with Crippen LogP contribution in [0.3, 0.4) is 0 Å². The van der Waals surface area contributed by atoms with E-state index in [-0.39, 0.29) is 11.6 Å². The largest absolute Gasteiger partial charge is 0.451 e. The van der Waals surface area contributed by atoms with E-state index < -0.39 is 12.0 Å². The summed E-state index contributed by atoms with van der Waals surface area (Å²) in [5, 5.41) is 6.89. The van der Waals surface area contributed by atoms with E-state index in [0.717, 1.165) is 23.4 Å². The molecule has 0 aliphatic rings. The third kappa shape index (κ3) is 2.84. The van der Waals surface area contributed by atoms with E-state index in [4.69, 9.17) is 0 Å². The van der Waals surface area contributed by atoms with Crippen LogP contribution in [0.1, 0.15) is 29.7 Å². The maximum absolute atomic E-state index is 12.9. The van der Waals surface area contributed by atoms with Crippen LogP contribution in [0, 0.1) is 13.8 Å². The smallest absolute Gasteiger partial charge is 0.373 e. The van der Waals surface area contributed by atoms with Crippen LogP contribution >= 0.6 is 0 Å². The van der Waals surface area contributed by atoms with Gasteiger partial charge in [0.2, 0.25) is 5.82 Å². The molecule has 0 saturated heterocycles. The lowest BCUT2D eigenvalue weighted by atomic mass is 10.1. The van der Waals surface area contributed by atoms with E-state index >= 15 is 0 Å². The third-order valence-electron chi connectivity index (χ3n) is 3.23. The Morgan fingerprint density at radius 2 is 1.90 bits per heavy atom. The van der Waals surface area contributed by atoms with Gasteiger partial charge in [0.15, 0.2) is 5.82 Å². The number of aryl methyl sites for hydroxylation is 1. The molecule has 0 radical (unpaired) electrons. The normalized spacial score (nSPS) is 11.8. The van der Waals surface area contributed by atoms with Crippen molar-refractivity contribution in [3.8, 4) is 5.82 Å². The van der Waals surface area contributed by atoms with Gasteiger partial charge < -0.3 is 5.32 Å². The van der Waals surface area contributed by atoms with Gasteiger partial charge in [-0.25, -0.2) is 14.6 Å². The van der Waals surface area contributed by atoms with Gasteiger partial charge in [0.05, 0.1) is 5.69 Å². The number of hydrogen-bond acceptors (Lipinski definition) is 4. The van der Waals surface area contributed by atoms with Crippen LogP contribution in [0.4, 0.5) is 19.0 Å². The van der Waals surface area contributed by atoms with Crippen molar-refractivity contribution in [2.45, 2.75) is 33.4 Å². The second kappa shape index (κ2) is 5.34. The van der Waals surface area contributed by atoms with E-state index in [1.165, 1.54) is 17.8 Å². The number of alkyl halides is 3. The minimum atomic E-state index is -4.61. The van der Waals surface area contributed by atoms with Crippen LogP contribution in [-0.4, -0.2) is 26.8 Å². The Labute approximate surface area is 120 Å². The minimum Gasteiger partial charge on any atom is -0.373 e. The highest BCUT2D eigenvalue weighted by molar-refractivity contribution is 5.43. The summed E-state index contributed by atoms with van der Waals surface area (Å²) in [4.78, 5) is 7.04. The van der Waals surface area contributed by atoms with Crippen molar-refractivity contribution in [1.82, 2.24) is 19.7 Å². The number of halogens is 3. The molecule has 5 nitrogen and oxygen atoms in total. The first-order chi connectivity index (χ1) is 9.77. The first-order valence-corrected chi connectivity index (χ1v) is 6.47. The standard InChI is InChI=1S/C13H16F3N5/c1-5-9-7(2)20-21(8(9)3)11-6-10(17-4)18-12(19-11)13(14,15)16/h6H,5H2,1-4H3,(H,17,18,19). The first-order valence-electron chi connectivity index (χ1n) is 6.47. The average molecular weight is 299 g/mol. The van der Waals surface area contributed by atoms with Gasteiger partial charge in [0, 0.05) is 18.8 Å². The fourth-order valence-electron chi connectivity index (χ4n) is 2.21. The Balaban J connectivity index is 2.64. The van der Waals surface area contributed by atoms with Crippen molar-refractivity contribution in [1.29, 1.82) is 0 Å². The topological polar surface area (TPSA) is 55.6 Å². The molecule has 8 heteroatoms. The summed E-state index contributed by atoms with van der Waals surface area (Å²) in [6, 6.07) is 1.44. The molecule has 1 N–H and O–H groups in total. The number of rotatable bonds is 3. The van der Waals surface area contributed by atoms with Crippen LogP contribution in [-0.2, 0) is 12.6 Å². The van der Waals surface area contributed by atoms with Crippen molar-refractivity contribution in [2.24, 2.45) is 0 Å². The van der Waals surface area contributed by atoms with Crippen molar-refractivity contribution in [2.75, 3.05) is 12.4 Å². The fourth-order valence-corrected chi connectivity index (χ4v) is 2.21. The molecular weight excluding hydrogens is 283 g/mol. The Morgan fingerprint density at radius 1 is 1.24 bits per heavy atom. The van der Waals surface area contributed by atoms with E-state index in [1.54, 1.807) is 0 Å². The number of nitrogens with zero attached hydrogens (tertiary/aromatic N) is 4. The Kier molecular flexibility index (Phi) is 3.89. The fraction of sp³-hybridized carbons (Fsp3) is 0.462. The maximum Gasteiger partial charge on any atom is 0.451 e. The highest BCUT2D eigenvalue weighted by Crippen LogP contribution is 2.28. The van der Waals surface area contributed by atoms with Gasteiger partial charge in [-0.15, -0.1) is 0 Å². The second-order valence-electron chi connectivity index (χ2n) is 4.60. The lowest BCUT2D eigenvalue weighted by Gasteiger charge is -2.11. The molecule has 0 fully saturated rings. The molecule has 2 rings (SSSR count). The molecule has 0 aliphatic carbocycles. The molecule has 0 bridgehead atoms. The van der Waals surface area contributed by atoms with Gasteiger partial charge in [-0.05, 0) is 25.8 Å². The third-order valence-corrected chi connectivity index (χ3v) is 3.23. The zero-order chi connectivity index (χ0) is 15.8. The van der Waals surface area contributed by atoms with Crippen molar-refractivity contribution in [3.05, 3.63) is 28.8 Å². The van der Waals surface area contributed by atoms with Crippen LogP contribution in [0.5, 0.6) is 0 Å². The average Bonchev–Trinajstić information content (AvgIpc) is 2.72. The van der Waals surface area contributed by atoms with Gasteiger partial charge in [-0.2, -0.15) is 18.3 Å². The molecule has 0 aliphatic heterocycles. The molecule has 114 valence electrons. The zero-order valence-electron chi connectivity index (χ0n) is 12.2. The van der Waals surface area contributed by atoms with Crippen molar-refractivity contribution >= 4 is 5.82 Å². The highest BCUT2D eigenvalue weighted by atomic mass is 19.4. The summed E-state index contributed by atoms with van der Waals surface area (Å²) in [6.45, 7) is 5.61. The number of hydrogen-bond donors (Lipinski definition) is 1. The van der Waals surface area contributed by atoms with E-state index in [9.17, 15) is 13.2 Å². The summed E-state index contributed by atoms with van der Waals surface area (Å²) in [6.07, 6.45) is -3.85. The summed E-state index contributed by atoms with van der Waals surface area (Å²) in [5.41, 5.74) is 2.57. The Morgan fingerprint density at radius 3 is 2.38 bits per heavy atom. The van der Waals surface area contributed by atoms with Crippen LogP contribution in [0.2, 0.25) is 0 Å². The quantitative estimate of drug-likeness (QED) is 0.947. The summed E-state index contributed by atoms with van der Waals surface area (Å²) in [7, 11) is 1.50. The van der Waals surface area contributed by atoms with Gasteiger partial charge in [-0.1, -0.05) is 6.92 Å². The van der Waals surface area contributed by atoms with Gasteiger partial charge in [0.1, 0.15) is 5.82 Å². The lowest BCUT2D eigenvalue weighted by Crippen LogP contribution is -2.15. The minimum absolute atomic E-state index is 0.0953. The maximum atomic E-state index is 12.9. The molecule has 2 aromatic heterocycles. The number of aromatic nitrogens is 4. The molecule has 2 heterocycles. The molecule has 21 heavy (non-hydrogen) atoms. The summed E-state index contributed by atoms with van der Waals surface area (Å²) < 4.78 is 40.0. The number of anilines is 1. The highest BCUT2D eigenvalue weighted by Gasteiger charge is 2.35. The predicted molar refractivity (Wildman–Crippen MR) is 72.6 cm³/mol. The summed E-state index contributed by atoms with van der Waals surface area (Å²) >= 11 is 0. The zero-order valence-corrected chi connectivity index (χ0v) is 12.2. The van der Waals surface area contributed by atoms with Crippen LogP contribution < -0.4 is 5.32 Å². The Hall–Kier alpha value is -2.12. The van der Waals surface area contributed by atoms with Crippen molar-refractivity contribution < 1.29 is 13.2 Å². The Bertz CT molecular complexity index is 661. The number of nitrogens with one attached hydrogen (secondary N) is 1. The lowest BCUT2D eigenvalue weighted by molar-refractivity contribution is -0.144. The second-order valence-corrected chi connectivity index (χ2v) is 4.60. The molecule has 0 atom stereocenters. The van der Waals surface area contributed by atoms with Gasteiger partial charge >= 0.3 is 6.18 Å². The molecule has 0 saturated carbocycles. The van der Waals surface area contributed by atoms with Crippen molar-refractivity contribution in [3.63, 3.8) is 0 Å². The van der Waals surface area contributed by atoms with Gasteiger partial charge in [-0.3, -0.25) is 0 Å². The molecule has 2 aromatic rings. The predicted octanol–water partition coefficient (Wildman–Crippen LogP) is 2.90. The van der Waals surface area contributed by atoms with Crippen LogP contribution in [0.15, 0.2) is 6.07 Å². The molecule has 0 spiro atoms. The van der Waals surface area contributed by atoms with E-state index in [1.807, 2.05) is 20.8 Å². The molecule has 0 unspecified atom stereocenters.